The molecule has 0 spiro atoms. The molecule has 1 amide bonds. The van der Waals surface area contributed by atoms with Crippen molar-refractivity contribution >= 4 is 23.4 Å². The summed E-state index contributed by atoms with van der Waals surface area (Å²) in [6.07, 6.45) is 1.13. The Balaban J connectivity index is 1.81. The molecule has 1 unspecified atom stereocenters. The van der Waals surface area contributed by atoms with Gasteiger partial charge >= 0.3 is 0 Å². The van der Waals surface area contributed by atoms with E-state index in [0.29, 0.717) is 22.3 Å². The largest absolute Gasteiger partial charge is 0.325 e. The Bertz CT molecular complexity index is 464. The Kier molecular flexibility index (Phi) is 4.62. The number of carbonyl (C=O) groups excluding carboxylic acids is 1. The second kappa shape index (κ2) is 6.43. The molecule has 1 heterocycles. The molecule has 1 aromatic carbocycles. The molecule has 5 heteroatoms. The fourth-order valence-electron chi connectivity index (χ4n) is 1.83. The van der Waals surface area contributed by atoms with Crippen LogP contribution in [0.3, 0.4) is 0 Å². The summed E-state index contributed by atoms with van der Waals surface area (Å²) in [6, 6.07) is 9.01. The van der Waals surface area contributed by atoms with Crippen molar-refractivity contribution in [2.24, 2.45) is 0 Å². The van der Waals surface area contributed by atoms with E-state index in [1.54, 1.807) is 36.0 Å². The lowest BCUT2D eigenvalue weighted by atomic mass is 10.2. The molecule has 1 aliphatic heterocycles. The third-order valence-corrected chi connectivity index (χ3v) is 4.04. The summed E-state index contributed by atoms with van der Waals surface area (Å²) in [5, 5.41) is 15.4. The van der Waals surface area contributed by atoms with E-state index in [1.807, 2.05) is 0 Å². The van der Waals surface area contributed by atoms with Crippen molar-refractivity contribution in [2.45, 2.75) is 11.7 Å². The number of nitrogens with zero attached hydrogens (tertiary/aromatic N) is 1. The van der Waals surface area contributed by atoms with Gasteiger partial charge < -0.3 is 10.6 Å². The fraction of sp³-hybridized carbons (Fsp3) is 0.385. The molecule has 0 saturated carbocycles. The highest BCUT2D eigenvalue weighted by Crippen LogP contribution is 2.18. The summed E-state index contributed by atoms with van der Waals surface area (Å²) in [6.45, 7) is 2.03. The fourth-order valence-corrected chi connectivity index (χ4v) is 2.81. The molecular formula is C13H15N3OS. The first-order valence-electron chi connectivity index (χ1n) is 5.90. The number of nitrogens with one attached hydrogen (secondary N) is 2. The average Bonchev–Trinajstić information content (AvgIpc) is 2.90. The Labute approximate surface area is 111 Å². The zero-order valence-electron chi connectivity index (χ0n) is 9.98. The van der Waals surface area contributed by atoms with E-state index in [1.165, 1.54) is 0 Å². The van der Waals surface area contributed by atoms with Gasteiger partial charge in [0, 0.05) is 17.5 Å². The van der Waals surface area contributed by atoms with E-state index in [0.717, 1.165) is 19.5 Å². The minimum Gasteiger partial charge on any atom is -0.325 e. The number of carbonyl (C=O) groups is 1. The van der Waals surface area contributed by atoms with Crippen molar-refractivity contribution in [1.29, 1.82) is 5.26 Å². The normalized spacial score (nSPS) is 18.3. The predicted molar refractivity (Wildman–Crippen MR) is 73.5 cm³/mol. The first kappa shape index (κ1) is 12.9. The van der Waals surface area contributed by atoms with Crippen LogP contribution in [-0.2, 0) is 4.79 Å². The van der Waals surface area contributed by atoms with Crippen LogP contribution in [-0.4, -0.2) is 30.0 Å². The zero-order chi connectivity index (χ0) is 12.8. The van der Waals surface area contributed by atoms with Gasteiger partial charge in [-0.25, -0.2) is 0 Å². The molecule has 1 atom stereocenters. The van der Waals surface area contributed by atoms with E-state index in [9.17, 15) is 4.79 Å². The van der Waals surface area contributed by atoms with Gasteiger partial charge in [-0.1, -0.05) is 6.07 Å². The van der Waals surface area contributed by atoms with Gasteiger partial charge in [0.15, 0.2) is 0 Å². The molecule has 1 fully saturated rings. The predicted octanol–water partition coefficient (Wildman–Crippen LogP) is 1.59. The SMILES string of the molecule is N#Cc1cccc(NC(=O)CSC2CCNC2)c1. The second-order valence-corrected chi connectivity index (χ2v) is 5.46. The molecule has 0 bridgehead atoms. The minimum atomic E-state index is -0.0120. The number of rotatable bonds is 4. The van der Waals surface area contributed by atoms with Crippen molar-refractivity contribution < 1.29 is 4.79 Å². The molecule has 2 rings (SSSR count). The van der Waals surface area contributed by atoms with Crippen LogP contribution >= 0.6 is 11.8 Å². The number of hydrogen-bond donors (Lipinski definition) is 2. The lowest BCUT2D eigenvalue weighted by Crippen LogP contribution is -2.17. The monoisotopic (exact) mass is 261 g/mol. The number of anilines is 1. The van der Waals surface area contributed by atoms with Crippen LogP contribution < -0.4 is 10.6 Å². The van der Waals surface area contributed by atoms with E-state index < -0.39 is 0 Å². The van der Waals surface area contributed by atoms with Crippen LogP contribution in [0.4, 0.5) is 5.69 Å². The number of benzene rings is 1. The number of nitriles is 1. The van der Waals surface area contributed by atoms with E-state index in [2.05, 4.69) is 16.7 Å². The van der Waals surface area contributed by atoms with Crippen LogP contribution in [0.2, 0.25) is 0 Å². The number of hydrogen-bond acceptors (Lipinski definition) is 4. The maximum absolute atomic E-state index is 11.7. The van der Waals surface area contributed by atoms with E-state index in [-0.39, 0.29) is 5.91 Å². The molecule has 0 radical (unpaired) electrons. The first-order valence-corrected chi connectivity index (χ1v) is 6.95. The van der Waals surface area contributed by atoms with E-state index in [4.69, 9.17) is 5.26 Å². The molecule has 2 N–H and O–H groups in total. The molecule has 94 valence electrons. The minimum absolute atomic E-state index is 0.0120. The molecule has 1 saturated heterocycles. The van der Waals surface area contributed by atoms with Crippen molar-refractivity contribution in [3.63, 3.8) is 0 Å². The van der Waals surface area contributed by atoms with Crippen LogP contribution in [0.1, 0.15) is 12.0 Å². The Morgan fingerprint density at radius 3 is 3.22 bits per heavy atom. The van der Waals surface area contributed by atoms with Crippen LogP contribution in [0.25, 0.3) is 0 Å². The summed E-state index contributed by atoms with van der Waals surface area (Å²) in [5.41, 5.74) is 1.24. The number of thioether (sulfide) groups is 1. The smallest absolute Gasteiger partial charge is 0.234 e. The van der Waals surface area contributed by atoms with E-state index >= 15 is 0 Å². The highest BCUT2D eigenvalue weighted by molar-refractivity contribution is 8.00. The molecule has 0 aromatic heterocycles. The Hall–Kier alpha value is -1.51. The lowest BCUT2D eigenvalue weighted by molar-refractivity contribution is -0.113. The van der Waals surface area contributed by atoms with Crippen molar-refractivity contribution in [3.8, 4) is 6.07 Å². The second-order valence-electron chi connectivity index (χ2n) is 4.17. The van der Waals surface area contributed by atoms with Gasteiger partial charge in [-0.3, -0.25) is 4.79 Å². The third-order valence-electron chi connectivity index (χ3n) is 2.74. The summed E-state index contributed by atoms with van der Waals surface area (Å²) >= 11 is 1.68. The maximum Gasteiger partial charge on any atom is 0.234 e. The quantitative estimate of drug-likeness (QED) is 0.864. The van der Waals surface area contributed by atoms with Gasteiger partial charge in [0.05, 0.1) is 17.4 Å². The Morgan fingerprint density at radius 1 is 1.61 bits per heavy atom. The highest BCUT2D eigenvalue weighted by Gasteiger charge is 2.16. The maximum atomic E-state index is 11.7. The Morgan fingerprint density at radius 2 is 2.50 bits per heavy atom. The van der Waals surface area contributed by atoms with Crippen molar-refractivity contribution in [2.75, 3.05) is 24.2 Å². The summed E-state index contributed by atoms with van der Waals surface area (Å²) < 4.78 is 0. The summed E-state index contributed by atoms with van der Waals surface area (Å²) in [4.78, 5) is 11.7. The summed E-state index contributed by atoms with van der Waals surface area (Å²) in [7, 11) is 0. The third kappa shape index (κ3) is 3.76. The molecular weight excluding hydrogens is 246 g/mol. The van der Waals surface area contributed by atoms with Gasteiger partial charge in [-0.05, 0) is 31.2 Å². The zero-order valence-corrected chi connectivity index (χ0v) is 10.8. The van der Waals surface area contributed by atoms with Crippen LogP contribution in [0, 0.1) is 11.3 Å². The summed E-state index contributed by atoms with van der Waals surface area (Å²) in [5.74, 6) is 0.449. The lowest BCUT2D eigenvalue weighted by Gasteiger charge is -2.08. The van der Waals surface area contributed by atoms with Gasteiger partial charge in [-0.15, -0.1) is 11.8 Å². The van der Waals surface area contributed by atoms with Crippen molar-refractivity contribution in [1.82, 2.24) is 5.32 Å². The van der Waals surface area contributed by atoms with Crippen LogP contribution in [0.5, 0.6) is 0 Å². The average molecular weight is 261 g/mol. The van der Waals surface area contributed by atoms with Crippen molar-refractivity contribution in [3.05, 3.63) is 29.8 Å². The van der Waals surface area contributed by atoms with Crippen LogP contribution in [0.15, 0.2) is 24.3 Å². The highest BCUT2D eigenvalue weighted by atomic mass is 32.2. The standard InChI is InChI=1S/C13H15N3OS/c14-7-10-2-1-3-11(6-10)16-13(17)9-18-12-4-5-15-8-12/h1-3,6,12,15H,4-5,8-9H2,(H,16,17). The first-order chi connectivity index (χ1) is 8.78. The van der Waals surface area contributed by atoms with Gasteiger partial charge in [0.1, 0.15) is 0 Å². The molecule has 4 nitrogen and oxygen atoms in total. The van der Waals surface area contributed by atoms with Gasteiger partial charge in [-0.2, -0.15) is 5.26 Å². The van der Waals surface area contributed by atoms with Gasteiger partial charge in [0.25, 0.3) is 0 Å². The molecule has 0 aliphatic carbocycles. The number of amides is 1. The van der Waals surface area contributed by atoms with Gasteiger partial charge in [0.2, 0.25) is 5.91 Å². The molecule has 18 heavy (non-hydrogen) atoms. The molecule has 1 aliphatic rings. The topological polar surface area (TPSA) is 64.9 Å². The molecule has 1 aromatic rings.